The van der Waals surface area contributed by atoms with E-state index in [9.17, 15) is 0 Å². The Labute approximate surface area is 192 Å². The first-order chi connectivity index (χ1) is 15.3. The summed E-state index contributed by atoms with van der Waals surface area (Å²) in [6.07, 6.45) is 2.05. The van der Waals surface area contributed by atoms with E-state index in [-0.39, 0.29) is 5.41 Å². The van der Waals surface area contributed by atoms with Crippen molar-refractivity contribution >= 4 is 24.9 Å². The van der Waals surface area contributed by atoms with Crippen molar-refractivity contribution in [3.05, 3.63) is 65.1 Å². The maximum atomic E-state index is 5.68. The smallest absolute Gasteiger partial charge is 0.174 e. The third kappa shape index (κ3) is 3.20. The van der Waals surface area contributed by atoms with E-state index in [1.165, 1.54) is 22.3 Å². The zero-order chi connectivity index (χ0) is 23.1. The predicted molar refractivity (Wildman–Crippen MR) is 136 cm³/mol. The van der Waals surface area contributed by atoms with Gasteiger partial charge in [-0.25, -0.2) is 14.2 Å². The molecule has 0 aromatic heterocycles. The van der Waals surface area contributed by atoms with Gasteiger partial charge >= 0.3 is 0 Å². The molecule has 0 N–H and O–H groups in total. The van der Waals surface area contributed by atoms with Gasteiger partial charge in [0.2, 0.25) is 0 Å². The molecule has 0 spiro atoms. The van der Waals surface area contributed by atoms with Gasteiger partial charge in [0.15, 0.2) is 7.36 Å². The zero-order valence-electron chi connectivity index (χ0n) is 20.2. The molecule has 6 nitrogen and oxygen atoms in total. The first-order valence-electron chi connectivity index (χ1n) is 11.2. The minimum Gasteiger partial charge on any atom is -0.494 e. The van der Waals surface area contributed by atoms with E-state index in [0.717, 1.165) is 24.5 Å². The number of nitrogens with zero attached hydrogens (tertiary/aromatic N) is 5. The Kier molecular flexibility index (Phi) is 5.95. The number of hydrogen-bond acceptors (Lipinski definition) is 4. The number of hydrazone groups is 1. The molecule has 4 rings (SSSR count). The predicted octanol–water partition coefficient (Wildman–Crippen LogP) is 6.27. The van der Waals surface area contributed by atoms with Crippen LogP contribution in [-0.4, -0.2) is 50.0 Å². The third-order valence-corrected chi connectivity index (χ3v) is 10.4. The quantitative estimate of drug-likeness (QED) is 0.503. The summed E-state index contributed by atoms with van der Waals surface area (Å²) in [7, 11) is 3.54. The van der Waals surface area contributed by atoms with Crippen molar-refractivity contribution in [1.82, 2.24) is 9.45 Å². The molecule has 170 valence electrons. The van der Waals surface area contributed by atoms with Gasteiger partial charge in [0, 0.05) is 44.0 Å². The molecule has 1 atom stereocenters. The van der Waals surface area contributed by atoms with Gasteiger partial charge in [-0.2, -0.15) is 5.10 Å². The van der Waals surface area contributed by atoms with Gasteiger partial charge in [0.1, 0.15) is 11.4 Å². The fraction of sp³-hybridized carbons (Fsp3) is 0.400. The maximum absolute atomic E-state index is 5.68. The molecule has 1 unspecified atom stereocenters. The summed E-state index contributed by atoms with van der Waals surface area (Å²) in [5, 5.41) is 6.05. The molecule has 2 aromatic carbocycles. The van der Waals surface area contributed by atoms with Gasteiger partial charge in [-0.3, -0.25) is 0 Å². The van der Waals surface area contributed by atoms with Crippen LogP contribution in [0.15, 0.2) is 69.4 Å². The average molecular weight is 452 g/mol. The number of para-hydroxylation sites is 2. The fourth-order valence-corrected chi connectivity index (χ4v) is 8.82. The van der Waals surface area contributed by atoms with Crippen LogP contribution in [0.5, 0.6) is 5.75 Å². The molecule has 0 saturated heterocycles. The van der Waals surface area contributed by atoms with Crippen molar-refractivity contribution in [1.29, 1.82) is 0 Å². The molecule has 7 heteroatoms. The highest BCUT2D eigenvalue weighted by atomic mass is 31.2. The van der Waals surface area contributed by atoms with Crippen molar-refractivity contribution in [3.63, 3.8) is 0 Å². The van der Waals surface area contributed by atoms with Gasteiger partial charge in [0.05, 0.1) is 18.6 Å². The minimum absolute atomic E-state index is 0.160. The van der Waals surface area contributed by atoms with Crippen molar-refractivity contribution < 1.29 is 4.74 Å². The molecular formula is C25H34N5OP. The summed E-state index contributed by atoms with van der Waals surface area (Å²) < 4.78 is 15.7. The van der Waals surface area contributed by atoms with E-state index in [1.807, 2.05) is 30.5 Å². The SMILES string of the molecule is CCN(CC)P1(=Nc2ccccc2OC)/C(=C2\N(C)c3ccccc3C2(C)C)C=NN1C. The van der Waals surface area contributed by atoms with Crippen LogP contribution in [-0.2, 0) is 5.41 Å². The molecule has 0 aliphatic carbocycles. The summed E-state index contributed by atoms with van der Waals surface area (Å²) in [6, 6.07) is 16.7. The normalized spacial score (nSPS) is 23.8. The molecule has 0 saturated carbocycles. The van der Waals surface area contributed by atoms with Gasteiger partial charge in [-0.15, -0.1) is 0 Å². The van der Waals surface area contributed by atoms with Crippen LogP contribution in [0.1, 0.15) is 33.3 Å². The third-order valence-electron chi connectivity index (χ3n) is 6.64. The van der Waals surface area contributed by atoms with E-state index >= 15 is 0 Å². The number of allylic oxidation sites excluding steroid dienone is 2. The lowest BCUT2D eigenvalue weighted by Gasteiger charge is -2.39. The molecule has 0 radical (unpaired) electrons. The number of fused-ring (bicyclic) bond motifs is 1. The van der Waals surface area contributed by atoms with E-state index in [2.05, 4.69) is 80.4 Å². The van der Waals surface area contributed by atoms with E-state index in [0.29, 0.717) is 0 Å². The molecule has 0 fully saturated rings. The van der Waals surface area contributed by atoms with Crippen LogP contribution < -0.4 is 9.64 Å². The highest BCUT2D eigenvalue weighted by Crippen LogP contribution is 2.69. The first-order valence-corrected chi connectivity index (χ1v) is 12.8. The van der Waals surface area contributed by atoms with Crippen molar-refractivity contribution in [3.8, 4) is 5.75 Å². The van der Waals surface area contributed by atoms with Crippen LogP contribution in [0.2, 0.25) is 0 Å². The number of methoxy groups -OCH3 is 1. The molecule has 2 heterocycles. The minimum atomic E-state index is -2.39. The standard InChI is InChI=1S/C25H34N5OP/c1-8-30(9-2)32(27-20-15-11-13-17-22(20)31-7)23(18-26-29(32)6)24-25(3,4)19-14-10-12-16-21(19)28(24)5/h10-18H,8-9H2,1-7H3/b24-23-. The van der Waals surface area contributed by atoms with E-state index in [1.54, 1.807) is 7.11 Å². The monoisotopic (exact) mass is 451 g/mol. The number of anilines is 1. The molecule has 2 aromatic rings. The molecule has 32 heavy (non-hydrogen) atoms. The number of ether oxygens (including phenoxy) is 1. The van der Waals surface area contributed by atoms with E-state index in [4.69, 9.17) is 14.6 Å². The summed E-state index contributed by atoms with van der Waals surface area (Å²) in [5.41, 5.74) is 4.56. The van der Waals surface area contributed by atoms with Crippen LogP contribution >= 0.6 is 7.36 Å². The van der Waals surface area contributed by atoms with E-state index < -0.39 is 7.36 Å². The Morgan fingerprint density at radius 3 is 2.34 bits per heavy atom. The van der Waals surface area contributed by atoms with Gasteiger partial charge in [-0.05, 0) is 23.8 Å². The molecule has 2 aliphatic rings. The Hall–Kier alpha value is -2.56. The summed E-state index contributed by atoms with van der Waals surface area (Å²) >= 11 is 0. The van der Waals surface area contributed by atoms with Crippen LogP contribution in [0.4, 0.5) is 11.4 Å². The molecule has 0 bridgehead atoms. The van der Waals surface area contributed by atoms with Crippen LogP contribution in [0.25, 0.3) is 0 Å². The highest BCUT2D eigenvalue weighted by Gasteiger charge is 2.47. The lowest BCUT2D eigenvalue weighted by atomic mass is 9.84. The summed E-state index contributed by atoms with van der Waals surface area (Å²) in [5.74, 6) is 0.783. The summed E-state index contributed by atoms with van der Waals surface area (Å²) in [6.45, 7) is 10.8. The Bertz CT molecular complexity index is 1130. The molecule has 0 amide bonds. The largest absolute Gasteiger partial charge is 0.494 e. The van der Waals surface area contributed by atoms with Crippen molar-refractivity contribution in [2.45, 2.75) is 33.1 Å². The van der Waals surface area contributed by atoms with Crippen LogP contribution in [0.3, 0.4) is 0 Å². The van der Waals surface area contributed by atoms with Gasteiger partial charge in [0.25, 0.3) is 0 Å². The Morgan fingerprint density at radius 2 is 1.69 bits per heavy atom. The number of likely N-dealkylation sites (N-methyl/N-ethyl adjacent to an activating group) is 1. The fourth-order valence-electron chi connectivity index (χ4n) is 5.10. The molecule has 2 aliphatic heterocycles. The Morgan fingerprint density at radius 1 is 1.03 bits per heavy atom. The molecular weight excluding hydrogens is 417 g/mol. The maximum Gasteiger partial charge on any atom is 0.174 e. The highest BCUT2D eigenvalue weighted by molar-refractivity contribution is 7.67. The van der Waals surface area contributed by atoms with Gasteiger partial charge < -0.3 is 9.64 Å². The average Bonchev–Trinajstić information content (AvgIpc) is 3.21. The number of rotatable bonds is 5. The first kappa shape index (κ1) is 22.6. The van der Waals surface area contributed by atoms with Crippen LogP contribution in [0, 0.1) is 0 Å². The summed E-state index contributed by atoms with van der Waals surface area (Å²) in [4.78, 5) is 2.34. The second-order valence-corrected chi connectivity index (χ2v) is 11.6. The lowest BCUT2D eigenvalue weighted by molar-refractivity contribution is 0.415. The zero-order valence-corrected chi connectivity index (χ0v) is 21.1. The van der Waals surface area contributed by atoms with Crippen molar-refractivity contribution in [2.75, 3.05) is 39.2 Å². The number of hydrogen-bond donors (Lipinski definition) is 0. The van der Waals surface area contributed by atoms with Gasteiger partial charge in [-0.1, -0.05) is 58.0 Å². The lowest BCUT2D eigenvalue weighted by Crippen LogP contribution is -2.30. The Balaban J connectivity index is 2.08. The number of benzene rings is 2. The van der Waals surface area contributed by atoms with Crippen molar-refractivity contribution in [2.24, 2.45) is 9.85 Å². The second-order valence-electron chi connectivity index (χ2n) is 8.65. The topological polar surface area (TPSA) is 43.7 Å². The second kappa shape index (κ2) is 8.42.